The highest BCUT2D eigenvalue weighted by Crippen LogP contribution is 2.22. The van der Waals surface area contributed by atoms with Crippen LogP contribution >= 0.6 is 0 Å². The van der Waals surface area contributed by atoms with E-state index >= 15 is 0 Å². The number of rotatable bonds is 6. The Morgan fingerprint density at radius 3 is 2.59 bits per heavy atom. The van der Waals surface area contributed by atoms with Gasteiger partial charge in [0.2, 0.25) is 5.88 Å². The van der Waals surface area contributed by atoms with Crippen molar-refractivity contribution < 1.29 is 23.4 Å². The lowest BCUT2D eigenvalue weighted by atomic mass is 10.2. The fourth-order valence-corrected chi connectivity index (χ4v) is 3.54. The molecule has 2 aromatic heterocycles. The van der Waals surface area contributed by atoms with E-state index in [1.54, 1.807) is 24.0 Å². The number of halogens is 2. The molecule has 0 saturated carbocycles. The number of aromatic nitrogens is 5. The van der Waals surface area contributed by atoms with Crippen LogP contribution in [0, 0.1) is 18.3 Å². The summed E-state index contributed by atoms with van der Waals surface area (Å²) in [6.45, 7) is 2.58. The predicted molar refractivity (Wildman–Crippen MR) is 114 cm³/mol. The first-order valence-corrected chi connectivity index (χ1v) is 10.3. The van der Waals surface area contributed by atoms with Gasteiger partial charge < -0.3 is 14.7 Å². The van der Waals surface area contributed by atoms with Gasteiger partial charge in [-0.1, -0.05) is 17.3 Å². The molecule has 1 fully saturated rings. The molecule has 0 aliphatic carbocycles. The van der Waals surface area contributed by atoms with Crippen LogP contribution in [-0.2, 0) is 6.61 Å². The Kier molecular flexibility index (Phi) is 6.48. The lowest BCUT2D eigenvalue weighted by Gasteiger charge is -2.36. The van der Waals surface area contributed by atoms with Gasteiger partial charge in [-0.25, -0.2) is 18.3 Å². The van der Waals surface area contributed by atoms with Crippen molar-refractivity contribution in [3.05, 3.63) is 53.3 Å². The van der Waals surface area contributed by atoms with E-state index in [1.165, 1.54) is 28.9 Å². The first-order chi connectivity index (χ1) is 16.4. The number of ether oxygens (including phenoxy) is 1. The number of alkyl halides is 2. The molecule has 1 aliphatic rings. The molecule has 3 heterocycles. The summed E-state index contributed by atoms with van der Waals surface area (Å²) in [5.74, 6) is 0.740. The molecular formula is C21H20F2N8O3. The monoisotopic (exact) mass is 470 g/mol. The molecule has 1 amide bonds. The summed E-state index contributed by atoms with van der Waals surface area (Å²) < 4.78 is 32.9. The minimum absolute atomic E-state index is 0.0667. The molecule has 0 spiro atoms. The lowest BCUT2D eigenvalue weighted by molar-refractivity contribution is 0.130. The smallest absolute Gasteiger partial charge is 0.408 e. The van der Waals surface area contributed by atoms with Crippen molar-refractivity contribution in [2.45, 2.75) is 26.0 Å². The number of nitriles is 1. The first-order valence-electron chi connectivity index (χ1n) is 10.3. The second kappa shape index (κ2) is 9.65. The molecular weight excluding hydrogens is 450 g/mol. The minimum Gasteiger partial charge on any atom is -0.470 e. The van der Waals surface area contributed by atoms with Crippen LogP contribution in [0.3, 0.4) is 0 Å². The quantitative estimate of drug-likeness (QED) is 0.577. The van der Waals surface area contributed by atoms with Crippen LogP contribution in [0.4, 0.5) is 19.4 Å². The molecule has 1 atom stereocenters. The van der Waals surface area contributed by atoms with Crippen molar-refractivity contribution in [2.24, 2.45) is 0 Å². The highest BCUT2D eigenvalue weighted by Gasteiger charge is 2.31. The van der Waals surface area contributed by atoms with Gasteiger partial charge in [0, 0.05) is 24.7 Å². The Morgan fingerprint density at radius 2 is 1.97 bits per heavy atom. The lowest BCUT2D eigenvalue weighted by Crippen LogP contribution is -2.54. The molecule has 1 aliphatic heterocycles. The molecule has 1 aromatic carbocycles. The van der Waals surface area contributed by atoms with Gasteiger partial charge >= 0.3 is 6.09 Å². The van der Waals surface area contributed by atoms with Gasteiger partial charge in [0.15, 0.2) is 5.82 Å². The van der Waals surface area contributed by atoms with Crippen LogP contribution in [-0.4, -0.2) is 67.0 Å². The average Bonchev–Trinajstić information content (AvgIpc) is 3.22. The molecule has 13 heteroatoms. The number of piperazine rings is 1. The van der Waals surface area contributed by atoms with Gasteiger partial charge in [-0.3, -0.25) is 4.90 Å². The molecule has 1 unspecified atom stereocenters. The normalized spacial score (nSPS) is 15.9. The van der Waals surface area contributed by atoms with Crippen molar-refractivity contribution in [2.75, 3.05) is 24.5 Å². The molecule has 3 aromatic rings. The topological polar surface area (TPSA) is 133 Å². The number of aryl methyl sites for hydroxylation is 1. The summed E-state index contributed by atoms with van der Waals surface area (Å²) >= 11 is 0. The van der Waals surface area contributed by atoms with Gasteiger partial charge in [-0.2, -0.15) is 5.26 Å². The maximum absolute atomic E-state index is 12.8. The van der Waals surface area contributed by atoms with E-state index < -0.39 is 18.6 Å². The van der Waals surface area contributed by atoms with Gasteiger partial charge in [-0.15, -0.1) is 15.3 Å². The summed E-state index contributed by atoms with van der Waals surface area (Å²) in [4.78, 5) is 14.1. The third-order valence-electron chi connectivity index (χ3n) is 5.43. The van der Waals surface area contributed by atoms with Crippen LogP contribution in [0.15, 0.2) is 36.4 Å². The van der Waals surface area contributed by atoms with E-state index in [-0.39, 0.29) is 31.1 Å². The number of nitrogens with zero attached hydrogens (tertiary/aromatic N) is 8. The van der Waals surface area contributed by atoms with Gasteiger partial charge in [0.05, 0.1) is 24.0 Å². The fourth-order valence-electron chi connectivity index (χ4n) is 3.54. The molecule has 11 nitrogen and oxygen atoms in total. The van der Waals surface area contributed by atoms with Gasteiger partial charge in [-0.05, 0) is 25.1 Å². The van der Waals surface area contributed by atoms with Crippen LogP contribution in [0.2, 0.25) is 0 Å². The second-order valence-electron chi connectivity index (χ2n) is 7.51. The predicted octanol–water partition coefficient (Wildman–Crippen LogP) is 2.57. The van der Waals surface area contributed by atoms with Crippen molar-refractivity contribution in [1.29, 1.82) is 5.26 Å². The summed E-state index contributed by atoms with van der Waals surface area (Å²) in [6.07, 6.45) is -3.68. The average molecular weight is 470 g/mol. The van der Waals surface area contributed by atoms with Crippen LogP contribution < -0.4 is 9.64 Å². The van der Waals surface area contributed by atoms with Crippen molar-refractivity contribution >= 4 is 11.9 Å². The molecule has 4 rings (SSSR count). The molecule has 176 valence electrons. The van der Waals surface area contributed by atoms with E-state index in [9.17, 15) is 23.9 Å². The van der Waals surface area contributed by atoms with E-state index in [2.05, 4.69) is 20.5 Å². The Labute approximate surface area is 192 Å². The first kappa shape index (κ1) is 22.8. The minimum atomic E-state index is -2.55. The zero-order valence-corrected chi connectivity index (χ0v) is 18.0. The van der Waals surface area contributed by atoms with E-state index in [0.717, 1.165) is 4.90 Å². The summed E-state index contributed by atoms with van der Waals surface area (Å²) in [5, 5.41) is 34.8. The van der Waals surface area contributed by atoms with Gasteiger partial charge in [0.25, 0.3) is 6.43 Å². The SMILES string of the molecule is Cc1nnn(-c2ccc(C(F)F)cc2)c1COc1ccc(N2CCN(C(=O)O)C(C#N)C2)nn1. The maximum atomic E-state index is 12.8. The Bertz CT molecular complexity index is 1190. The number of hydrogen-bond acceptors (Lipinski definition) is 8. The summed E-state index contributed by atoms with van der Waals surface area (Å²) in [7, 11) is 0. The zero-order chi connectivity index (χ0) is 24.2. The van der Waals surface area contributed by atoms with Crippen molar-refractivity contribution in [1.82, 2.24) is 30.1 Å². The highest BCUT2D eigenvalue weighted by molar-refractivity contribution is 5.66. The van der Waals surface area contributed by atoms with Crippen LogP contribution in [0.1, 0.15) is 23.4 Å². The third kappa shape index (κ3) is 4.70. The van der Waals surface area contributed by atoms with E-state index in [4.69, 9.17) is 4.74 Å². The highest BCUT2D eigenvalue weighted by atomic mass is 19.3. The number of benzene rings is 1. The van der Waals surface area contributed by atoms with Gasteiger partial charge in [0.1, 0.15) is 18.3 Å². The van der Waals surface area contributed by atoms with E-state index in [1.807, 2.05) is 6.07 Å². The Hall–Kier alpha value is -4.34. The Morgan fingerprint density at radius 1 is 1.21 bits per heavy atom. The summed E-state index contributed by atoms with van der Waals surface area (Å²) in [5.41, 5.74) is 1.72. The number of carboxylic acid groups (broad SMARTS) is 1. The number of carbonyl (C=O) groups is 1. The number of anilines is 1. The van der Waals surface area contributed by atoms with Crippen LogP contribution in [0.5, 0.6) is 5.88 Å². The molecule has 0 radical (unpaired) electrons. The van der Waals surface area contributed by atoms with E-state index in [0.29, 0.717) is 29.4 Å². The van der Waals surface area contributed by atoms with Crippen molar-refractivity contribution in [3.8, 4) is 17.6 Å². The van der Waals surface area contributed by atoms with Crippen molar-refractivity contribution in [3.63, 3.8) is 0 Å². The fraction of sp³-hybridized carbons (Fsp3) is 0.333. The molecule has 1 saturated heterocycles. The molecule has 1 N–H and O–H groups in total. The zero-order valence-electron chi connectivity index (χ0n) is 18.0. The number of hydrogen-bond donors (Lipinski definition) is 1. The third-order valence-corrected chi connectivity index (χ3v) is 5.43. The molecule has 0 bridgehead atoms. The van der Waals surface area contributed by atoms with Crippen LogP contribution in [0.25, 0.3) is 5.69 Å². The second-order valence-corrected chi connectivity index (χ2v) is 7.51. The number of amides is 1. The largest absolute Gasteiger partial charge is 0.470 e. The standard InChI is InChI=1S/C21H20F2N8O3/c1-13-17(31(28-25-13)15-4-2-14(3-5-15)20(22)23)12-34-19-7-6-18(26-27-19)29-8-9-30(21(32)33)16(10-24)11-29/h2-7,16,20H,8-9,11-12H2,1H3,(H,32,33). The Balaban J connectivity index is 1.42. The maximum Gasteiger partial charge on any atom is 0.408 e. The molecule has 34 heavy (non-hydrogen) atoms. The summed E-state index contributed by atoms with van der Waals surface area (Å²) in [6, 6.07) is 10.2.